The molecule has 66 valence electrons. The fourth-order valence-corrected chi connectivity index (χ4v) is 1.17. The van der Waals surface area contributed by atoms with Crippen molar-refractivity contribution >= 4 is 12.2 Å². The van der Waals surface area contributed by atoms with Crippen molar-refractivity contribution in [1.29, 1.82) is 0 Å². The van der Waals surface area contributed by atoms with Gasteiger partial charge in [0, 0.05) is 0 Å². The Morgan fingerprint density at radius 2 is 2.17 bits per heavy atom. The monoisotopic (exact) mass is 186 g/mol. The molecule has 1 rings (SSSR count). The topological polar surface area (TPSA) is 68.9 Å². The van der Waals surface area contributed by atoms with Crippen LogP contribution in [0, 0.1) is 4.77 Å². The summed E-state index contributed by atoms with van der Waals surface area (Å²) in [5.41, 5.74) is 0.0594. The highest BCUT2D eigenvalue weighted by molar-refractivity contribution is 7.71. The molecule has 0 fully saturated rings. The molecule has 1 aromatic heterocycles. The van der Waals surface area contributed by atoms with Crippen molar-refractivity contribution in [3.63, 3.8) is 0 Å². The highest BCUT2D eigenvalue weighted by Crippen LogP contribution is 2.08. The van der Waals surface area contributed by atoms with E-state index in [-0.39, 0.29) is 16.2 Å². The molecule has 12 heavy (non-hydrogen) atoms. The van der Waals surface area contributed by atoms with Crippen LogP contribution in [-0.2, 0) is 6.42 Å². The summed E-state index contributed by atoms with van der Waals surface area (Å²) in [5.74, 6) is -0.120. The number of H-pyrrole nitrogens is 2. The standard InChI is InChI=1S/C7H10N2O2S/c1-2-3-4-5(10)8-7(12)9-6(4)11/h2-3H2,1H3,(H3,8,9,10,11,12). The number of hydrogen-bond donors (Lipinski definition) is 3. The predicted octanol–water partition coefficient (Wildman–Crippen LogP) is 1.09. The van der Waals surface area contributed by atoms with Crippen molar-refractivity contribution in [2.75, 3.05) is 0 Å². The van der Waals surface area contributed by atoms with E-state index in [9.17, 15) is 9.90 Å². The first-order chi connectivity index (χ1) is 5.65. The average Bonchev–Trinajstić information content (AvgIpc) is 1.96. The molecule has 0 saturated heterocycles. The van der Waals surface area contributed by atoms with Crippen molar-refractivity contribution in [2.24, 2.45) is 0 Å². The minimum Gasteiger partial charge on any atom is -0.494 e. The van der Waals surface area contributed by atoms with Gasteiger partial charge in [-0.3, -0.25) is 9.78 Å². The quantitative estimate of drug-likeness (QED) is 0.605. The molecule has 3 N–H and O–H groups in total. The molecule has 0 radical (unpaired) electrons. The van der Waals surface area contributed by atoms with Gasteiger partial charge in [0.05, 0.1) is 5.56 Å². The van der Waals surface area contributed by atoms with E-state index in [1.165, 1.54) is 0 Å². The van der Waals surface area contributed by atoms with Crippen molar-refractivity contribution in [3.8, 4) is 5.88 Å². The Morgan fingerprint density at radius 3 is 2.67 bits per heavy atom. The maximum absolute atomic E-state index is 11.1. The van der Waals surface area contributed by atoms with Crippen LogP contribution in [0.4, 0.5) is 0 Å². The smallest absolute Gasteiger partial charge is 0.258 e. The van der Waals surface area contributed by atoms with Crippen molar-refractivity contribution < 1.29 is 5.11 Å². The lowest BCUT2D eigenvalue weighted by Crippen LogP contribution is -2.13. The van der Waals surface area contributed by atoms with Gasteiger partial charge in [0.15, 0.2) is 10.7 Å². The Morgan fingerprint density at radius 1 is 1.50 bits per heavy atom. The van der Waals surface area contributed by atoms with Gasteiger partial charge in [-0.25, -0.2) is 0 Å². The van der Waals surface area contributed by atoms with Gasteiger partial charge in [0.1, 0.15) is 0 Å². The maximum Gasteiger partial charge on any atom is 0.258 e. The van der Waals surface area contributed by atoms with Crippen LogP contribution in [0.25, 0.3) is 0 Å². The summed E-state index contributed by atoms with van der Waals surface area (Å²) in [5, 5.41) is 9.26. The van der Waals surface area contributed by atoms with Crippen LogP contribution >= 0.6 is 12.2 Å². The number of aromatic amines is 2. The zero-order valence-electron chi connectivity index (χ0n) is 6.68. The third kappa shape index (κ3) is 1.73. The van der Waals surface area contributed by atoms with E-state index < -0.39 is 0 Å². The molecule has 0 unspecified atom stereocenters. The summed E-state index contributed by atoms with van der Waals surface area (Å²) >= 11 is 4.66. The molecule has 4 nitrogen and oxygen atoms in total. The van der Waals surface area contributed by atoms with Gasteiger partial charge in [0.25, 0.3) is 5.56 Å². The van der Waals surface area contributed by atoms with E-state index in [0.29, 0.717) is 12.0 Å². The Balaban J connectivity index is 3.29. The molecule has 0 aliphatic carbocycles. The molecular weight excluding hydrogens is 176 g/mol. The van der Waals surface area contributed by atoms with Crippen molar-refractivity contribution in [2.45, 2.75) is 19.8 Å². The van der Waals surface area contributed by atoms with Crippen LogP contribution in [0.5, 0.6) is 5.88 Å². The lowest BCUT2D eigenvalue weighted by atomic mass is 10.2. The van der Waals surface area contributed by atoms with E-state index in [1.54, 1.807) is 0 Å². The van der Waals surface area contributed by atoms with Crippen LogP contribution in [0.3, 0.4) is 0 Å². The van der Waals surface area contributed by atoms with E-state index in [2.05, 4.69) is 22.2 Å². The predicted molar refractivity (Wildman–Crippen MR) is 47.9 cm³/mol. The van der Waals surface area contributed by atoms with E-state index >= 15 is 0 Å². The molecule has 1 heterocycles. The molecule has 0 saturated carbocycles. The Kier molecular flexibility index (Phi) is 2.65. The molecule has 5 heteroatoms. The fourth-order valence-electron chi connectivity index (χ4n) is 0.982. The normalized spacial score (nSPS) is 10.1. The summed E-state index contributed by atoms with van der Waals surface area (Å²) < 4.78 is 0.150. The van der Waals surface area contributed by atoms with Gasteiger partial charge in [-0.05, 0) is 18.6 Å². The Hall–Kier alpha value is -1.10. The highest BCUT2D eigenvalue weighted by atomic mass is 32.1. The molecule has 0 bridgehead atoms. The van der Waals surface area contributed by atoms with Gasteiger partial charge in [0.2, 0.25) is 0 Å². The molecule has 0 aliphatic heterocycles. The van der Waals surface area contributed by atoms with Gasteiger partial charge in [-0.15, -0.1) is 0 Å². The highest BCUT2D eigenvalue weighted by Gasteiger charge is 2.04. The van der Waals surface area contributed by atoms with Gasteiger partial charge >= 0.3 is 0 Å². The van der Waals surface area contributed by atoms with E-state index in [0.717, 1.165) is 6.42 Å². The first-order valence-electron chi connectivity index (χ1n) is 3.69. The summed E-state index contributed by atoms with van der Waals surface area (Å²) in [4.78, 5) is 16.0. The van der Waals surface area contributed by atoms with Crippen LogP contribution in [0.1, 0.15) is 18.9 Å². The molecule has 0 spiro atoms. The number of rotatable bonds is 2. The zero-order valence-corrected chi connectivity index (χ0v) is 7.49. The average molecular weight is 186 g/mol. The largest absolute Gasteiger partial charge is 0.494 e. The van der Waals surface area contributed by atoms with E-state index in [1.807, 2.05) is 6.92 Å². The first-order valence-corrected chi connectivity index (χ1v) is 4.10. The Labute approximate surface area is 74.3 Å². The maximum atomic E-state index is 11.1. The minimum absolute atomic E-state index is 0.120. The van der Waals surface area contributed by atoms with Crippen LogP contribution in [-0.4, -0.2) is 15.1 Å². The van der Waals surface area contributed by atoms with Crippen molar-refractivity contribution in [3.05, 3.63) is 20.7 Å². The molecular formula is C7H10N2O2S. The minimum atomic E-state index is -0.307. The molecule has 1 aromatic rings. The zero-order chi connectivity index (χ0) is 9.14. The molecule has 0 aliphatic rings. The van der Waals surface area contributed by atoms with E-state index in [4.69, 9.17) is 0 Å². The number of aromatic hydroxyl groups is 1. The summed E-state index contributed by atoms with van der Waals surface area (Å²) in [6, 6.07) is 0. The lowest BCUT2D eigenvalue weighted by Gasteiger charge is -1.99. The number of nitrogens with one attached hydrogen (secondary N) is 2. The van der Waals surface area contributed by atoms with Crippen LogP contribution in [0.2, 0.25) is 0 Å². The van der Waals surface area contributed by atoms with Gasteiger partial charge in [-0.2, -0.15) is 0 Å². The second-order valence-electron chi connectivity index (χ2n) is 2.49. The van der Waals surface area contributed by atoms with Gasteiger partial charge in [-0.1, -0.05) is 13.3 Å². The van der Waals surface area contributed by atoms with Crippen LogP contribution in [0.15, 0.2) is 4.79 Å². The summed E-state index contributed by atoms with van der Waals surface area (Å²) in [6.45, 7) is 1.93. The SMILES string of the molecule is CCCc1c(O)[nH]c(=S)[nH]c1=O. The third-order valence-electron chi connectivity index (χ3n) is 1.52. The second kappa shape index (κ2) is 3.53. The van der Waals surface area contributed by atoms with Crippen molar-refractivity contribution in [1.82, 2.24) is 9.97 Å². The molecule has 0 aromatic carbocycles. The number of aromatic nitrogens is 2. The second-order valence-corrected chi connectivity index (χ2v) is 2.89. The third-order valence-corrected chi connectivity index (χ3v) is 1.72. The lowest BCUT2D eigenvalue weighted by molar-refractivity contribution is 0.441. The summed E-state index contributed by atoms with van der Waals surface area (Å²) in [6.07, 6.45) is 1.36. The fraction of sp³-hybridized carbons (Fsp3) is 0.429. The van der Waals surface area contributed by atoms with Crippen LogP contribution < -0.4 is 5.56 Å². The van der Waals surface area contributed by atoms with Gasteiger partial charge < -0.3 is 10.1 Å². The first kappa shape index (κ1) is 8.99. The molecule has 0 amide bonds. The summed E-state index contributed by atoms with van der Waals surface area (Å²) in [7, 11) is 0. The molecule has 0 atom stereocenters. The number of hydrogen-bond acceptors (Lipinski definition) is 3. The Bertz CT molecular complexity index is 380.